The molecule has 1 saturated heterocycles. The largest absolute Gasteiger partial charge is 0.487 e. The molecule has 1 fully saturated rings. The Bertz CT molecular complexity index is 571. The lowest BCUT2D eigenvalue weighted by Crippen LogP contribution is -2.06. The van der Waals surface area contributed by atoms with Crippen molar-refractivity contribution in [3.63, 3.8) is 0 Å². The van der Waals surface area contributed by atoms with E-state index in [0.717, 1.165) is 10.0 Å². The van der Waals surface area contributed by atoms with Gasteiger partial charge in [-0.05, 0) is 27.6 Å². The Morgan fingerprint density at radius 2 is 1.95 bits per heavy atom. The first kappa shape index (κ1) is 13.5. The highest BCUT2D eigenvalue weighted by Crippen LogP contribution is 2.31. The molecule has 0 unspecified atom stereocenters. The highest BCUT2D eigenvalue weighted by Gasteiger charge is 2.24. The van der Waals surface area contributed by atoms with Gasteiger partial charge in [0.25, 0.3) is 0 Å². The standard InChI is InChI=1S/C15H14BrNO3/c16-12-8-13(20-10-11-4-2-1-3-5-11)14(17-9-12)15-18-6-7-19-15/h1-5,8-9,15H,6-7,10H2. The van der Waals surface area contributed by atoms with Gasteiger partial charge in [0.2, 0.25) is 6.29 Å². The molecule has 0 saturated carbocycles. The summed E-state index contributed by atoms with van der Waals surface area (Å²) in [6.07, 6.45) is 1.28. The summed E-state index contributed by atoms with van der Waals surface area (Å²) in [5.41, 5.74) is 1.79. The summed E-state index contributed by atoms with van der Waals surface area (Å²) in [6, 6.07) is 11.9. The molecular formula is C15H14BrNO3. The number of halogens is 1. The van der Waals surface area contributed by atoms with Crippen LogP contribution in [0.15, 0.2) is 47.1 Å². The second-order valence-corrected chi connectivity index (χ2v) is 5.30. The highest BCUT2D eigenvalue weighted by molar-refractivity contribution is 9.10. The zero-order chi connectivity index (χ0) is 13.8. The lowest BCUT2D eigenvalue weighted by molar-refractivity contribution is -0.0491. The van der Waals surface area contributed by atoms with Crippen LogP contribution >= 0.6 is 15.9 Å². The van der Waals surface area contributed by atoms with E-state index >= 15 is 0 Å². The molecule has 1 aromatic carbocycles. The smallest absolute Gasteiger partial charge is 0.204 e. The topological polar surface area (TPSA) is 40.6 Å². The molecule has 0 aliphatic carbocycles. The van der Waals surface area contributed by atoms with Gasteiger partial charge in [-0.3, -0.25) is 4.98 Å². The van der Waals surface area contributed by atoms with Crippen molar-refractivity contribution in [3.05, 3.63) is 58.3 Å². The van der Waals surface area contributed by atoms with Crippen molar-refractivity contribution in [2.45, 2.75) is 12.9 Å². The average Bonchev–Trinajstić information content (AvgIpc) is 3.00. The number of hydrogen-bond acceptors (Lipinski definition) is 4. The van der Waals surface area contributed by atoms with Gasteiger partial charge in [-0.2, -0.15) is 0 Å². The predicted molar refractivity (Wildman–Crippen MR) is 77.4 cm³/mol. The first-order valence-electron chi connectivity index (χ1n) is 6.38. The molecule has 0 radical (unpaired) electrons. The Hall–Kier alpha value is -1.43. The van der Waals surface area contributed by atoms with Crippen molar-refractivity contribution in [3.8, 4) is 5.75 Å². The molecule has 104 valence electrons. The van der Waals surface area contributed by atoms with E-state index in [1.807, 2.05) is 36.4 Å². The van der Waals surface area contributed by atoms with E-state index in [9.17, 15) is 0 Å². The molecule has 0 amide bonds. The van der Waals surface area contributed by atoms with Crippen LogP contribution in [-0.2, 0) is 16.1 Å². The second-order valence-electron chi connectivity index (χ2n) is 4.38. The Morgan fingerprint density at radius 1 is 1.20 bits per heavy atom. The van der Waals surface area contributed by atoms with Crippen molar-refractivity contribution in [2.24, 2.45) is 0 Å². The maximum absolute atomic E-state index is 5.86. The van der Waals surface area contributed by atoms with Gasteiger partial charge >= 0.3 is 0 Å². The summed E-state index contributed by atoms with van der Waals surface area (Å²) in [7, 11) is 0. The number of nitrogens with zero attached hydrogens (tertiary/aromatic N) is 1. The number of aromatic nitrogens is 1. The zero-order valence-electron chi connectivity index (χ0n) is 10.8. The van der Waals surface area contributed by atoms with Crippen molar-refractivity contribution in [1.82, 2.24) is 4.98 Å². The molecule has 0 atom stereocenters. The first-order chi connectivity index (χ1) is 9.83. The number of benzene rings is 1. The van der Waals surface area contributed by atoms with Gasteiger partial charge in [-0.15, -0.1) is 0 Å². The van der Waals surface area contributed by atoms with Crippen LogP contribution in [0.4, 0.5) is 0 Å². The molecule has 0 spiro atoms. The van der Waals surface area contributed by atoms with Crippen LogP contribution in [0.2, 0.25) is 0 Å². The quantitative estimate of drug-likeness (QED) is 0.857. The molecule has 3 rings (SSSR count). The lowest BCUT2D eigenvalue weighted by Gasteiger charge is -2.14. The summed E-state index contributed by atoms with van der Waals surface area (Å²) < 4.78 is 17.7. The summed E-state index contributed by atoms with van der Waals surface area (Å²) in [4.78, 5) is 4.35. The fourth-order valence-corrected chi connectivity index (χ4v) is 2.29. The fourth-order valence-electron chi connectivity index (χ4n) is 1.98. The number of ether oxygens (including phenoxy) is 3. The van der Waals surface area contributed by atoms with Crippen molar-refractivity contribution in [2.75, 3.05) is 13.2 Å². The number of rotatable bonds is 4. The monoisotopic (exact) mass is 335 g/mol. The SMILES string of the molecule is Brc1cnc(C2OCCO2)c(OCc2ccccc2)c1. The van der Waals surface area contributed by atoms with Crippen LogP contribution in [0.3, 0.4) is 0 Å². The van der Waals surface area contributed by atoms with E-state index in [4.69, 9.17) is 14.2 Å². The van der Waals surface area contributed by atoms with Crippen molar-refractivity contribution >= 4 is 15.9 Å². The lowest BCUT2D eigenvalue weighted by atomic mass is 10.2. The Labute approximate surface area is 125 Å². The van der Waals surface area contributed by atoms with Gasteiger partial charge in [0, 0.05) is 10.7 Å². The Morgan fingerprint density at radius 3 is 2.70 bits per heavy atom. The highest BCUT2D eigenvalue weighted by atomic mass is 79.9. The molecule has 0 N–H and O–H groups in total. The minimum Gasteiger partial charge on any atom is -0.487 e. The van der Waals surface area contributed by atoms with E-state index in [1.54, 1.807) is 6.20 Å². The Balaban J connectivity index is 1.78. The third-order valence-corrected chi connectivity index (χ3v) is 3.36. The second kappa shape index (κ2) is 6.35. The van der Waals surface area contributed by atoms with Crippen LogP contribution in [-0.4, -0.2) is 18.2 Å². The van der Waals surface area contributed by atoms with E-state index in [2.05, 4.69) is 20.9 Å². The van der Waals surface area contributed by atoms with Crippen LogP contribution < -0.4 is 4.74 Å². The third-order valence-electron chi connectivity index (χ3n) is 2.93. The van der Waals surface area contributed by atoms with Gasteiger partial charge in [-0.25, -0.2) is 0 Å². The van der Waals surface area contributed by atoms with Crippen LogP contribution in [0.5, 0.6) is 5.75 Å². The first-order valence-corrected chi connectivity index (χ1v) is 7.17. The van der Waals surface area contributed by atoms with Crippen LogP contribution in [0.25, 0.3) is 0 Å². The van der Waals surface area contributed by atoms with Crippen LogP contribution in [0, 0.1) is 0 Å². The van der Waals surface area contributed by atoms with E-state index < -0.39 is 6.29 Å². The van der Waals surface area contributed by atoms with Crippen molar-refractivity contribution < 1.29 is 14.2 Å². The molecule has 5 heteroatoms. The predicted octanol–water partition coefficient (Wildman–Crippen LogP) is 3.47. The maximum atomic E-state index is 5.86. The minimum atomic E-state index is -0.436. The molecule has 2 aromatic rings. The maximum Gasteiger partial charge on any atom is 0.204 e. The zero-order valence-corrected chi connectivity index (χ0v) is 12.4. The van der Waals surface area contributed by atoms with E-state index in [-0.39, 0.29) is 0 Å². The summed E-state index contributed by atoms with van der Waals surface area (Å²) >= 11 is 3.41. The fraction of sp³-hybridized carbons (Fsp3) is 0.267. The molecule has 1 aliphatic heterocycles. The summed E-state index contributed by atoms with van der Waals surface area (Å²) in [6.45, 7) is 1.65. The van der Waals surface area contributed by atoms with Gasteiger partial charge in [0.15, 0.2) is 0 Å². The number of hydrogen-bond donors (Lipinski definition) is 0. The van der Waals surface area contributed by atoms with Crippen molar-refractivity contribution in [1.29, 1.82) is 0 Å². The van der Waals surface area contributed by atoms with Crippen LogP contribution in [0.1, 0.15) is 17.5 Å². The van der Waals surface area contributed by atoms with E-state index in [0.29, 0.717) is 31.3 Å². The van der Waals surface area contributed by atoms with Gasteiger partial charge in [0.1, 0.15) is 18.1 Å². The molecule has 2 heterocycles. The third kappa shape index (κ3) is 3.17. The van der Waals surface area contributed by atoms with Gasteiger partial charge in [-0.1, -0.05) is 30.3 Å². The average molecular weight is 336 g/mol. The molecule has 1 aliphatic rings. The molecular weight excluding hydrogens is 322 g/mol. The molecule has 0 bridgehead atoms. The molecule has 4 nitrogen and oxygen atoms in total. The Kier molecular flexibility index (Phi) is 4.30. The van der Waals surface area contributed by atoms with Gasteiger partial charge in [0.05, 0.1) is 13.2 Å². The number of pyridine rings is 1. The normalized spacial score (nSPS) is 15.4. The van der Waals surface area contributed by atoms with Gasteiger partial charge < -0.3 is 14.2 Å². The van der Waals surface area contributed by atoms with E-state index in [1.165, 1.54) is 0 Å². The summed E-state index contributed by atoms with van der Waals surface area (Å²) in [5, 5.41) is 0. The minimum absolute atomic E-state index is 0.436. The molecule has 1 aromatic heterocycles. The summed E-state index contributed by atoms with van der Waals surface area (Å²) in [5.74, 6) is 0.676. The molecule has 20 heavy (non-hydrogen) atoms.